The van der Waals surface area contributed by atoms with Gasteiger partial charge in [-0.25, -0.2) is 0 Å². The van der Waals surface area contributed by atoms with Gasteiger partial charge in [-0.15, -0.1) is 0 Å². The summed E-state index contributed by atoms with van der Waals surface area (Å²) in [6.07, 6.45) is 3.74. The summed E-state index contributed by atoms with van der Waals surface area (Å²) in [7, 11) is 0. The van der Waals surface area contributed by atoms with E-state index in [1.807, 2.05) is 0 Å². The third-order valence-corrected chi connectivity index (χ3v) is 3.08. The van der Waals surface area contributed by atoms with Crippen molar-refractivity contribution in [2.45, 2.75) is 31.4 Å². The number of hydrogen-bond donors (Lipinski definition) is 3. The van der Waals surface area contributed by atoms with Crippen molar-refractivity contribution in [2.24, 2.45) is 0 Å². The van der Waals surface area contributed by atoms with Crippen molar-refractivity contribution >= 4 is 11.8 Å². The molecule has 0 aromatic carbocycles. The molecule has 2 heterocycles. The highest BCUT2D eigenvalue weighted by atomic mass is 16.3. The molecular weight excluding hydrogens is 246 g/mol. The van der Waals surface area contributed by atoms with E-state index in [0.29, 0.717) is 0 Å². The first-order valence-electron chi connectivity index (χ1n) is 6.32. The summed E-state index contributed by atoms with van der Waals surface area (Å²) in [5, 5.41) is 15.0. The van der Waals surface area contributed by atoms with Crippen molar-refractivity contribution in [3.8, 4) is 0 Å². The highest BCUT2D eigenvalue weighted by Gasteiger charge is 2.25. The lowest BCUT2D eigenvalue weighted by atomic mass is 10.1. The van der Waals surface area contributed by atoms with E-state index >= 15 is 0 Å². The summed E-state index contributed by atoms with van der Waals surface area (Å²) < 4.78 is 0. The summed E-state index contributed by atoms with van der Waals surface area (Å²) in [5.74, 6) is -1.03. The fourth-order valence-corrected chi connectivity index (χ4v) is 2.04. The molecule has 0 radical (unpaired) electrons. The van der Waals surface area contributed by atoms with Gasteiger partial charge in [0, 0.05) is 18.8 Å². The van der Waals surface area contributed by atoms with Crippen molar-refractivity contribution in [1.82, 2.24) is 15.6 Å². The fraction of sp³-hybridized carbons (Fsp3) is 0.462. The van der Waals surface area contributed by atoms with E-state index in [4.69, 9.17) is 0 Å². The number of aliphatic hydroxyl groups is 1. The van der Waals surface area contributed by atoms with Crippen LogP contribution in [0, 0.1) is 0 Å². The van der Waals surface area contributed by atoms with Gasteiger partial charge in [0.15, 0.2) is 0 Å². The standard InChI is InChI=1S/C13H17N3O3/c17-11(7-9-3-1-5-14-8-9)13(19)16-12(18)10-4-2-6-15-10/h1,3,5,8,10-11,15,17H,2,4,6-7H2,(H,16,18,19). The molecular formula is C13H17N3O3. The number of rotatable bonds is 4. The Morgan fingerprint density at radius 2 is 2.42 bits per heavy atom. The Hall–Kier alpha value is -1.79. The lowest BCUT2D eigenvalue weighted by Gasteiger charge is -2.13. The van der Waals surface area contributed by atoms with Crippen LogP contribution in [0.25, 0.3) is 0 Å². The van der Waals surface area contributed by atoms with Crippen LogP contribution in [0.5, 0.6) is 0 Å². The number of nitrogens with zero attached hydrogens (tertiary/aromatic N) is 1. The van der Waals surface area contributed by atoms with Crippen LogP contribution in [0.3, 0.4) is 0 Å². The van der Waals surface area contributed by atoms with E-state index < -0.39 is 12.0 Å². The molecule has 2 unspecified atom stereocenters. The molecule has 0 aliphatic carbocycles. The van der Waals surface area contributed by atoms with Crippen molar-refractivity contribution in [3.63, 3.8) is 0 Å². The Bertz CT molecular complexity index is 444. The smallest absolute Gasteiger partial charge is 0.255 e. The van der Waals surface area contributed by atoms with Gasteiger partial charge in [-0.1, -0.05) is 6.07 Å². The normalized spacial score (nSPS) is 19.9. The lowest BCUT2D eigenvalue weighted by molar-refractivity contribution is -0.136. The van der Waals surface area contributed by atoms with Gasteiger partial charge in [-0.05, 0) is 31.0 Å². The first kappa shape index (κ1) is 13.6. The van der Waals surface area contributed by atoms with E-state index in [0.717, 1.165) is 24.9 Å². The molecule has 102 valence electrons. The van der Waals surface area contributed by atoms with E-state index in [1.165, 1.54) is 0 Å². The van der Waals surface area contributed by atoms with Gasteiger partial charge >= 0.3 is 0 Å². The second-order valence-electron chi connectivity index (χ2n) is 4.58. The maximum absolute atomic E-state index is 11.7. The highest BCUT2D eigenvalue weighted by molar-refractivity contribution is 5.99. The van der Waals surface area contributed by atoms with Gasteiger partial charge in [0.2, 0.25) is 5.91 Å². The molecule has 0 bridgehead atoms. The number of aliphatic hydroxyl groups excluding tert-OH is 1. The zero-order valence-corrected chi connectivity index (χ0v) is 10.5. The molecule has 1 aromatic heterocycles. The molecule has 0 spiro atoms. The van der Waals surface area contributed by atoms with E-state index in [2.05, 4.69) is 15.6 Å². The zero-order valence-electron chi connectivity index (χ0n) is 10.5. The average molecular weight is 263 g/mol. The molecule has 6 heteroatoms. The second kappa shape index (κ2) is 6.40. The Morgan fingerprint density at radius 3 is 3.05 bits per heavy atom. The summed E-state index contributed by atoms with van der Waals surface area (Å²) in [6, 6.07) is 3.17. The van der Waals surface area contributed by atoms with Crippen LogP contribution in [-0.4, -0.2) is 40.6 Å². The third kappa shape index (κ3) is 3.84. The molecule has 0 saturated carbocycles. The number of nitrogens with one attached hydrogen (secondary N) is 2. The minimum Gasteiger partial charge on any atom is -0.383 e. The van der Waals surface area contributed by atoms with Gasteiger partial charge in [-0.3, -0.25) is 19.9 Å². The number of carbonyl (C=O) groups is 2. The topological polar surface area (TPSA) is 91.3 Å². The van der Waals surface area contributed by atoms with Crippen LogP contribution in [0.15, 0.2) is 24.5 Å². The number of imide groups is 1. The summed E-state index contributed by atoms with van der Waals surface area (Å²) >= 11 is 0. The molecule has 1 fully saturated rings. The first-order valence-corrected chi connectivity index (χ1v) is 6.32. The maximum Gasteiger partial charge on any atom is 0.255 e. The van der Waals surface area contributed by atoms with Gasteiger partial charge in [0.25, 0.3) is 5.91 Å². The maximum atomic E-state index is 11.7. The average Bonchev–Trinajstić information content (AvgIpc) is 2.93. The van der Waals surface area contributed by atoms with Crippen LogP contribution in [0.2, 0.25) is 0 Å². The monoisotopic (exact) mass is 263 g/mol. The van der Waals surface area contributed by atoms with E-state index in [1.54, 1.807) is 24.5 Å². The molecule has 2 amide bonds. The third-order valence-electron chi connectivity index (χ3n) is 3.08. The fourth-order valence-electron chi connectivity index (χ4n) is 2.04. The molecule has 3 N–H and O–H groups in total. The Balaban J connectivity index is 1.83. The summed E-state index contributed by atoms with van der Waals surface area (Å²) in [5.41, 5.74) is 0.747. The van der Waals surface area contributed by atoms with Crippen molar-refractivity contribution < 1.29 is 14.7 Å². The Kier molecular flexibility index (Phi) is 4.59. The highest BCUT2D eigenvalue weighted by Crippen LogP contribution is 2.05. The van der Waals surface area contributed by atoms with Crippen LogP contribution in [0.1, 0.15) is 18.4 Å². The number of pyridine rings is 1. The number of amides is 2. The van der Waals surface area contributed by atoms with Crippen molar-refractivity contribution in [3.05, 3.63) is 30.1 Å². The molecule has 1 aliphatic heterocycles. The van der Waals surface area contributed by atoms with Crippen molar-refractivity contribution in [1.29, 1.82) is 0 Å². The van der Waals surface area contributed by atoms with Crippen molar-refractivity contribution in [2.75, 3.05) is 6.54 Å². The van der Waals surface area contributed by atoms with Gasteiger partial charge in [0.05, 0.1) is 6.04 Å². The van der Waals surface area contributed by atoms with E-state index in [-0.39, 0.29) is 18.4 Å². The lowest BCUT2D eigenvalue weighted by Crippen LogP contribution is -2.47. The SMILES string of the molecule is O=C(NC(=O)C1CCCN1)C(O)Cc1cccnc1. The van der Waals surface area contributed by atoms with Crippen LogP contribution >= 0.6 is 0 Å². The quantitative estimate of drug-likeness (QED) is 0.673. The van der Waals surface area contributed by atoms with Gasteiger partial charge < -0.3 is 10.4 Å². The van der Waals surface area contributed by atoms with Gasteiger partial charge in [0.1, 0.15) is 6.10 Å². The molecule has 1 aliphatic rings. The van der Waals surface area contributed by atoms with Gasteiger partial charge in [-0.2, -0.15) is 0 Å². The molecule has 2 rings (SSSR count). The minimum atomic E-state index is -1.24. The zero-order chi connectivity index (χ0) is 13.7. The van der Waals surface area contributed by atoms with Crippen LogP contribution in [0.4, 0.5) is 0 Å². The van der Waals surface area contributed by atoms with Crippen LogP contribution < -0.4 is 10.6 Å². The molecule has 2 atom stereocenters. The van der Waals surface area contributed by atoms with E-state index in [9.17, 15) is 14.7 Å². The predicted molar refractivity (Wildman–Crippen MR) is 68.1 cm³/mol. The molecule has 1 aromatic rings. The Labute approximate surface area is 111 Å². The number of carbonyl (C=O) groups excluding carboxylic acids is 2. The first-order chi connectivity index (χ1) is 9.16. The largest absolute Gasteiger partial charge is 0.383 e. The molecule has 19 heavy (non-hydrogen) atoms. The predicted octanol–water partition coefficient (Wildman–Crippen LogP) is -0.620. The van der Waals surface area contributed by atoms with Crippen LogP contribution in [-0.2, 0) is 16.0 Å². The summed E-state index contributed by atoms with van der Waals surface area (Å²) in [6.45, 7) is 0.782. The number of hydrogen-bond acceptors (Lipinski definition) is 5. The second-order valence-corrected chi connectivity index (χ2v) is 4.58. The molecule has 1 saturated heterocycles. The number of aromatic nitrogens is 1. The minimum absolute atomic E-state index is 0.144. The molecule has 6 nitrogen and oxygen atoms in total. The summed E-state index contributed by atoms with van der Waals surface area (Å²) in [4.78, 5) is 27.3. The Morgan fingerprint density at radius 1 is 1.58 bits per heavy atom.